The zero-order valence-electron chi connectivity index (χ0n) is 28.0. The summed E-state index contributed by atoms with van der Waals surface area (Å²) in [5.41, 5.74) is 16.0. The normalized spacial score (nSPS) is 11.8. The smallest absolute Gasteiger partial charge is 0.230 e. The van der Waals surface area contributed by atoms with Gasteiger partial charge in [-0.2, -0.15) is 0 Å². The van der Waals surface area contributed by atoms with Crippen LogP contribution >= 0.6 is 0 Å². The van der Waals surface area contributed by atoms with E-state index in [9.17, 15) is 0 Å². The molecular formula is C49H34O2. The van der Waals surface area contributed by atoms with E-state index in [0.717, 1.165) is 44.9 Å². The maximum atomic E-state index is 6.30. The molecule has 1 aliphatic rings. The lowest BCUT2D eigenvalue weighted by atomic mass is 9.90. The van der Waals surface area contributed by atoms with Crippen molar-refractivity contribution in [2.75, 3.05) is 6.79 Å². The van der Waals surface area contributed by atoms with Gasteiger partial charge in [0, 0.05) is 11.1 Å². The molecule has 0 amide bonds. The average molecular weight is 655 g/mol. The van der Waals surface area contributed by atoms with Crippen LogP contribution in [0.3, 0.4) is 0 Å². The van der Waals surface area contributed by atoms with Crippen LogP contribution < -0.4 is 9.47 Å². The van der Waals surface area contributed by atoms with Crippen LogP contribution in [0, 0.1) is 0 Å². The molecular weight excluding hydrogens is 621 g/mol. The lowest BCUT2D eigenvalue weighted by Gasteiger charge is -2.15. The Morgan fingerprint density at radius 3 is 1.02 bits per heavy atom. The molecule has 0 aromatic heterocycles. The third kappa shape index (κ3) is 6.20. The molecule has 1 heterocycles. The van der Waals surface area contributed by atoms with Gasteiger partial charge in [0.1, 0.15) is 11.5 Å². The number of hydrogen-bond donors (Lipinski definition) is 0. The number of ether oxygens (including phenoxy) is 2. The van der Waals surface area contributed by atoms with E-state index < -0.39 is 0 Å². The van der Waals surface area contributed by atoms with Crippen molar-refractivity contribution in [3.63, 3.8) is 0 Å². The molecule has 0 N–H and O–H groups in total. The van der Waals surface area contributed by atoms with E-state index in [4.69, 9.17) is 9.47 Å². The van der Waals surface area contributed by atoms with Gasteiger partial charge >= 0.3 is 0 Å². The fraction of sp³-hybridized carbons (Fsp3) is 0.0204. The molecule has 9 rings (SSSR count). The molecule has 0 fully saturated rings. The summed E-state index contributed by atoms with van der Waals surface area (Å²) >= 11 is 0. The van der Waals surface area contributed by atoms with Crippen LogP contribution in [0.1, 0.15) is 0 Å². The predicted molar refractivity (Wildman–Crippen MR) is 211 cm³/mol. The summed E-state index contributed by atoms with van der Waals surface area (Å²) in [4.78, 5) is 0. The predicted octanol–water partition coefficient (Wildman–Crippen LogP) is 13.1. The lowest BCUT2D eigenvalue weighted by molar-refractivity contribution is 0.125. The maximum Gasteiger partial charge on any atom is 0.230 e. The highest BCUT2D eigenvalue weighted by Gasteiger charge is 2.19. The Bertz CT molecular complexity index is 2350. The molecule has 0 radical (unpaired) electrons. The average Bonchev–Trinajstić information content (AvgIpc) is 3.40. The summed E-state index contributed by atoms with van der Waals surface area (Å²) in [6, 6.07) is 69.0. The SMILES string of the molecule is c1ccc(-c2cc(-c3ccccc3)cc(-c3ccc4c(c3)OCOc3ccc(-c5cc(-c6ccccc6)cc(-c6ccccc6)c5)cc3-4)c2)cc1. The molecule has 242 valence electrons. The molecule has 0 saturated carbocycles. The summed E-state index contributed by atoms with van der Waals surface area (Å²) in [5, 5.41) is 0. The van der Waals surface area contributed by atoms with Crippen molar-refractivity contribution < 1.29 is 9.47 Å². The third-order valence-electron chi connectivity index (χ3n) is 9.64. The third-order valence-corrected chi connectivity index (χ3v) is 9.64. The standard InChI is InChI=1S/C49H34O2/c1-5-13-34(14-6-1)40-25-41(35-15-7-2-8-16-35)28-44(27-40)38-22-24-48-47(31-38)46-23-21-39(32-49(46)51-33-50-48)45-29-42(36-17-9-3-10-18-36)26-43(30-45)37-19-11-4-12-20-37/h1-32H,33H2. The Balaban J connectivity index is 1.14. The molecule has 0 unspecified atom stereocenters. The van der Waals surface area contributed by atoms with Crippen molar-refractivity contribution >= 4 is 0 Å². The molecule has 0 atom stereocenters. The second-order valence-corrected chi connectivity index (χ2v) is 12.9. The van der Waals surface area contributed by atoms with Gasteiger partial charge in [-0.25, -0.2) is 0 Å². The van der Waals surface area contributed by atoms with Gasteiger partial charge in [-0.05, 0) is 127 Å². The van der Waals surface area contributed by atoms with Gasteiger partial charge in [0.15, 0.2) is 0 Å². The van der Waals surface area contributed by atoms with E-state index in [2.05, 4.69) is 194 Å². The summed E-state index contributed by atoms with van der Waals surface area (Å²) in [6.45, 7) is 0.143. The largest absolute Gasteiger partial charge is 0.457 e. The van der Waals surface area contributed by atoms with E-state index in [-0.39, 0.29) is 6.79 Å². The van der Waals surface area contributed by atoms with E-state index in [0.29, 0.717) is 0 Å². The minimum atomic E-state index is 0.143. The molecule has 0 aliphatic carbocycles. The summed E-state index contributed by atoms with van der Waals surface area (Å²) in [5.74, 6) is 1.61. The quantitative estimate of drug-likeness (QED) is 0.178. The molecule has 1 aliphatic heterocycles. The van der Waals surface area contributed by atoms with E-state index in [1.165, 1.54) is 44.5 Å². The van der Waals surface area contributed by atoms with Crippen molar-refractivity contribution in [3.8, 4) is 89.4 Å². The Hall–Kier alpha value is -6.64. The number of fused-ring (bicyclic) bond motifs is 3. The van der Waals surface area contributed by atoms with Crippen LogP contribution in [0.5, 0.6) is 11.5 Å². The van der Waals surface area contributed by atoms with Crippen LogP contribution in [0.25, 0.3) is 77.9 Å². The van der Waals surface area contributed by atoms with Gasteiger partial charge in [0.2, 0.25) is 6.79 Å². The first-order valence-electron chi connectivity index (χ1n) is 17.3. The van der Waals surface area contributed by atoms with E-state index in [1.807, 2.05) is 0 Å². The van der Waals surface area contributed by atoms with Crippen molar-refractivity contribution in [1.82, 2.24) is 0 Å². The monoisotopic (exact) mass is 654 g/mol. The Kier molecular flexibility index (Phi) is 7.96. The summed E-state index contributed by atoms with van der Waals surface area (Å²) < 4.78 is 12.5. The maximum absolute atomic E-state index is 6.30. The highest BCUT2D eigenvalue weighted by Crippen LogP contribution is 2.44. The van der Waals surface area contributed by atoms with Crippen molar-refractivity contribution in [1.29, 1.82) is 0 Å². The molecule has 2 nitrogen and oxygen atoms in total. The van der Waals surface area contributed by atoms with Crippen LogP contribution in [-0.2, 0) is 0 Å². The minimum absolute atomic E-state index is 0.143. The van der Waals surface area contributed by atoms with Gasteiger partial charge in [0.05, 0.1) is 0 Å². The van der Waals surface area contributed by atoms with Crippen molar-refractivity contribution in [2.24, 2.45) is 0 Å². The van der Waals surface area contributed by atoms with Gasteiger partial charge < -0.3 is 9.47 Å². The fourth-order valence-corrected chi connectivity index (χ4v) is 7.02. The summed E-state index contributed by atoms with van der Waals surface area (Å²) in [7, 11) is 0. The first-order valence-corrected chi connectivity index (χ1v) is 17.3. The van der Waals surface area contributed by atoms with Gasteiger partial charge in [0.25, 0.3) is 0 Å². The highest BCUT2D eigenvalue weighted by atomic mass is 16.7. The molecule has 51 heavy (non-hydrogen) atoms. The van der Waals surface area contributed by atoms with Crippen LogP contribution in [0.15, 0.2) is 194 Å². The van der Waals surface area contributed by atoms with Gasteiger partial charge in [-0.1, -0.05) is 133 Å². The Morgan fingerprint density at radius 1 is 0.235 bits per heavy atom. The molecule has 8 aromatic rings. The Labute approximate surface area is 298 Å². The molecule has 0 bridgehead atoms. The Morgan fingerprint density at radius 2 is 0.588 bits per heavy atom. The number of hydrogen-bond acceptors (Lipinski definition) is 2. The van der Waals surface area contributed by atoms with Gasteiger partial charge in [-0.15, -0.1) is 0 Å². The first-order chi connectivity index (χ1) is 25.2. The number of rotatable bonds is 6. The molecule has 0 spiro atoms. The lowest BCUT2D eigenvalue weighted by Crippen LogP contribution is -2.03. The zero-order chi connectivity index (χ0) is 34.0. The topological polar surface area (TPSA) is 18.5 Å². The van der Waals surface area contributed by atoms with Gasteiger partial charge in [-0.3, -0.25) is 0 Å². The highest BCUT2D eigenvalue weighted by molar-refractivity contribution is 5.88. The van der Waals surface area contributed by atoms with Crippen LogP contribution in [0.4, 0.5) is 0 Å². The molecule has 2 heteroatoms. The first kappa shape index (κ1) is 30.4. The second-order valence-electron chi connectivity index (χ2n) is 12.9. The summed E-state index contributed by atoms with van der Waals surface area (Å²) in [6.07, 6.45) is 0. The molecule has 8 aromatic carbocycles. The second kappa shape index (κ2) is 13.3. The van der Waals surface area contributed by atoms with Crippen molar-refractivity contribution in [3.05, 3.63) is 194 Å². The fourth-order valence-electron chi connectivity index (χ4n) is 7.02. The van der Waals surface area contributed by atoms with Crippen LogP contribution in [0.2, 0.25) is 0 Å². The van der Waals surface area contributed by atoms with E-state index >= 15 is 0 Å². The number of benzene rings is 8. The minimum Gasteiger partial charge on any atom is -0.457 e. The molecule has 0 saturated heterocycles. The van der Waals surface area contributed by atoms with Crippen molar-refractivity contribution in [2.45, 2.75) is 0 Å². The van der Waals surface area contributed by atoms with E-state index in [1.54, 1.807) is 0 Å². The van der Waals surface area contributed by atoms with Crippen LogP contribution in [-0.4, -0.2) is 6.79 Å². The zero-order valence-corrected chi connectivity index (χ0v) is 28.0.